The van der Waals surface area contributed by atoms with Gasteiger partial charge >= 0.3 is 0 Å². The van der Waals surface area contributed by atoms with Crippen molar-refractivity contribution >= 4 is 10.9 Å². The van der Waals surface area contributed by atoms with Gasteiger partial charge in [-0.15, -0.1) is 0 Å². The minimum absolute atomic E-state index is 1.03. The molecule has 0 saturated heterocycles. The fraction of sp³-hybridized carbons (Fsp3) is 0.111. The predicted molar refractivity (Wildman–Crippen MR) is 45.2 cm³/mol. The fourth-order valence-electron chi connectivity index (χ4n) is 1.19. The summed E-state index contributed by atoms with van der Waals surface area (Å²) < 4.78 is 1.85. The van der Waals surface area contributed by atoms with Crippen molar-refractivity contribution in [1.82, 2.24) is 9.78 Å². The minimum Gasteiger partial charge on any atom is -0.268 e. The zero-order chi connectivity index (χ0) is 7.84. The molecule has 11 heavy (non-hydrogen) atoms. The Morgan fingerprint density at radius 3 is 3.09 bits per heavy atom. The van der Waals surface area contributed by atoms with Gasteiger partial charge in [0, 0.05) is 12.4 Å². The Balaban J connectivity index is 2.87. The van der Waals surface area contributed by atoms with Crippen molar-refractivity contribution < 1.29 is 0 Å². The molecule has 1 radical (unpaired) electrons. The molecular weight excluding hydrogens is 136 g/mol. The fourth-order valence-corrected chi connectivity index (χ4v) is 1.19. The number of nitrogens with zero attached hydrogens (tertiary/aromatic N) is 2. The zero-order valence-electron chi connectivity index (χ0n) is 6.41. The van der Waals surface area contributed by atoms with Crippen LogP contribution in [-0.4, -0.2) is 9.78 Å². The summed E-state index contributed by atoms with van der Waals surface area (Å²) in [4.78, 5) is 0. The molecule has 0 aliphatic rings. The van der Waals surface area contributed by atoms with Gasteiger partial charge in [-0.2, -0.15) is 5.10 Å². The molecule has 0 fully saturated rings. The van der Waals surface area contributed by atoms with E-state index in [0.717, 1.165) is 11.1 Å². The van der Waals surface area contributed by atoms with Crippen LogP contribution < -0.4 is 0 Å². The van der Waals surface area contributed by atoms with Gasteiger partial charge in [-0.3, -0.25) is 4.68 Å². The summed E-state index contributed by atoms with van der Waals surface area (Å²) in [7, 11) is 1.93. The van der Waals surface area contributed by atoms with Gasteiger partial charge in [0.2, 0.25) is 0 Å². The summed E-state index contributed by atoms with van der Waals surface area (Å²) in [6.07, 6.45) is 1.86. The molecule has 2 rings (SSSR count). The molecule has 0 aliphatic carbocycles. The van der Waals surface area contributed by atoms with E-state index in [9.17, 15) is 0 Å². The zero-order valence-corrected chi connectivity index (χ0v) is 6.41. The molecule has 2 aromatic rings. The number of hydrogen-bond donors (Lipinski definition) is 0. The molecule has 2 heteroatoms. The van der Waals surface area contributed by atoms with Crippen LogP contribution in [0.4, 0.5) is 0 Å². The van der Waals surface area contributed by atoms with E-state index in [-0.39, 0.29) is 0 Å². The van der Waals surface area contributed by atoms with Gasteiger partial charge in [0.05, 0.1) is 11.7 Å². The Labute approximate surface area is 65.5 Å². The lowest BCUT2D eigenvalue weighted by atomic mass is 10.2. The number of rotatable bonds is 0. The topological polar surface area (TPSA) is 17.8 Å². The van der Waals surface area contributed by atoms with Crippen molar-refractivity contribution in [3.05, 3.63) is 36.9 Å². The van der Waals surface area contributed by atoms with Crippen LogP contribution in [0.2, 0.25) is 0 Å². The molecule has 1 aromatic heterocycles. The summed E-state index contributed by atoms with van der Waals surface area (Å²) in [5, 5.41) is 5.29. The van der Waals surface area contributed by atoms with E-state index in [1.807, 2.05) is 36.1 Å². The highest BCUT2D eigenvalue weighted by atomic mass is 15.2. The Hall–Kier alpha value is -1.31. The Morgan fingerprint density at radius 2 is 2.27 bits per heavy atom. The second-order valence-electron chi connectivity index (χ2n) is 2.66. The van der Waals surface area contributed by atoms with Crippen molar-refractivity contribution in [2.24, 2.45) is 7.05 Å². The molecule has 0 N–H and O–H groups in total. The summed E-state index contributed by atoms with van der Waals surface area (Å²) >= 11 is 0. The van der Waals surface area contributed by atoms with Gasteiger partial charge in [0.1, 0.15) is 0 Å². The van der Waals surface area contributed by atoms with Crippen LogP contribution in [0.5, 0.6) is 0 Å². The van der Waals surface area contributed by atoms with Crippen LogP contribution in [0.25, 0.3) is 10.9 Å². The minimum atomic E-state index is 1.03. The first kappa shape index (κ1) is 6.40. The molecule has 0 saturated carbocycles. The van der Waals surface area contributed by atoms with Crippen molar-refractivity contribution in [2.75, 3.05) is 0 Å². The van der Waals surface area contributed by atoms with Crippen LogP contribution in [-0.2, 0) is 7.05 Å². The molecule has 0 spiro atoms. The Kier molecular flexibility index (Phi) is 1.22. The average molecular weight is 145 g/mol. The van der Waals surface area contributed by atoms with Gasteiger partial charge in [0.15, 0.2) is 0 Å². The largest absolute Gasteiger partial charge is 0.268 e. The summed E-state index contributed by atoms with van der Waals surface area (Å²) in [5.74, 6) is 0. The van der Waals surface area contributed by atoms with Crippen LogP contribution in [0.1, 0.15) is 5.56 Å². The summed E-state index contributed by atoms with van der Waals surface area (Å²) in [6, 6.07) is 6.05. The van der Waals surface area contributed by atoms with Gasteiger partial charge in [-0.05, 0) is 18.6 Å². The van der Waals surface area contributed by atoms with E-state index in [1.165, 1.54) is 5.39 Å². The summed E-state index contributed by atoms with van der Waals surface area (Å²) in [5.41, 5.74) is 2.17. The average Bonchev–Trinajstić information content (AvgIpc) is 2.33. The molecule has 1 aromatic carbocycles. The van der Waals surface area contributed by atoms with E-state index in [2.05, 4.69) is 12.0 Å². The van der Waals surface area contributed by atoms with Crippen molar-refractivity contribution in [1.29, 1.82) is 0 Å². The van der Waals surface area contributed by atoms with Crippen LogP contribution >= 0.6 is 0 Å². The smallest absolute Gasteiger partial charge is 0.0681 e. The maximum atomic E-state index is 4.13. The normalized spacial score (nSPS) is 10.7. The van der Waals surface area contributed by atoms with Gasteiger partial charge in [0.25, 0.3) is 0 Å². The molecule has 0 aliphatic heterocycles. The standard InChI is InChI=1S/C9H9N2/c1-7-3-4-8-6-10-11(2)9(8)5-7/h3-6H,1H2,2H3. The van der Waals surface area contributed by atoms with Crippen LogP contribution in [0, 0.1) is 6.92 Å². The second-order valence-corrected chi connectivity index (χ2v) is 2.66. The Morgan fingerprint density at radius 1 is 1.45 bits per heavy atom. The quantitative estimate of drug-likeness (QED) is 0.552. The van der Waals surface area contributed by atoms with Crippen molar-refractivity contribution in [3.8, 4) is 0 Å². The SMILES string of the molecule is [CH2]c1ccc2cnn(C)c2c1. The van der Waals surface area contributed by atoms with Crippen molar-refractivity contribution in [2.45, 2.75) is 0 Å². The number of fused-ring (bicyclic) bond motifs is 1. The number of benzene rings is 1. The third kappa shape index (κ3) is 0.909. The van der Waals surface area contributed by atoms with E-state index in [4.69, 9.17) is 0 Å². The molecule has 55 valence electrons. The molecule has 2 nitrogen and oxygen atoms in total. The highest BCUT2D eigenvalue weighted by molar-refractivity contribution is 5.79. The molecule has 1 heterocycles. The van der Waals surface area contributed by atoms with Gasteiger partial charge in [-0.1, -0.05) is 12.1 Å². The maximum absolute atomic E-state index is 4.13. The third-order valence-corrected chi connectivity index (χ3v) is 1.81. The Bertz CT molecular complexity index is 387. The number of hydrogen-bond acceptors (Lipinski definition) is 1. The first-order valence-corrected chi connectivity index (χ1v) is 3.51. The van der Waals surface area contributed by atoms with E-state index >= 15 is 0 Å². The van der Waals surface area contributed by atoms with Gasteiger partial charge < -0.3 is 0 Å². The molecule has 0 atom stereocenters. The first-order valence-electron chi connectivity index (χ1n) is 3.51. The highest BCUT2D eigenvalue weighted by Crippen LogP contribution is 2.13. The van der Waals surface area contributed by atoms with E-state index in [1.54, 1.807) is 0 Å². The second kappa shape index (κ2) is 2.09. The molecular formula is C9H9N2. The molecule has 0 amide bonds. The number of aryl methyl sites for hydroxylation is 1. The van der Waals surface area contributed by atoms with E-state index < -0.39 is 0 Å². The maximum Gasteiger partial charge on any atom is 0.0681 e. The van der Waals surface area contributed by atoms with Crippen molar-refractivity contribution in [3.63, 3.8) is 0 Å². The summed E-state index contributed by atoms with van der Waals surface area (Å²) in [6.45, 7) is 3.85. The molecule has 0 unspecified atom stereocenters. The van der Waals surface area contributed by atoms with Gasteiger partial charge in [-0.25, -0.2) is 0 Å². The van der Waals surface area contributed by atoms with E-state index in [0.29, 0.717) is 0 Å². The van der Waals surface area contributed by atoms with Crippen LogP contribution in [0.3, 0.4) is 0 Å². The predicted octanol–water partition coefficient (Wildman–Crippen LogP) is 1.76. The lowest BCUT2D eigenvalue weighted by Gasteiger charge is -1.94. The van der Waals surface area contributed by atoms with Crippen LogP contribution in [0.15, 0.2) is 24.4 Å². The molecule has 0 bridgehead atoms. The first-order chi connectivity index (χ1) is 5.27. The lowest BCUT2D eigenvalue weighted by molar-refractivity contribution is 0.797. The third-order valence-electron chi connectivity index (χ3n) is 1.81. The monoisotopic (exact) mass is 145 g/mol. The highest BCUT2D eigenvalue weighted by Gasteiger charge is 1.96. The lowest BCUT2D eigenvalue weighted by Crippen LogP contribution is -1.88. The number of aromatic nitrogens is 2.